The van der Waals surface area contributed by atoms with E-state index in [-0.39, 0.29) is 24.6 Å². The number of aromatic carboxylic acids is 1. The Balaban J connectivity index is 0.00000128. The van der Waals surface area contributed by atoms with Crippen LogP contribution in [0.15, 0.2) is 23.7 Å². The van der Waals surface area contributed by atoms with E-state index in [4.69, 9.17) is 0 Å². The maximum Gasteiger partial charge on any atom is 1.00 e. The molecule has 4 nitrogen and oxygen atoms in total. The smallest absolute Gasteiger partial charge is 0.543 e. The van der Waals surface area contributed by atoms with Crippen molar-refractivity contribution >= 4 is 17.3 Å². The first-order chi connectivity index (χ1) is 7.18. The van der Waals surface area contributed by atoms with E-state index in [2.05, 4.69) is 9.97 Å². The van der Waals surface area contributed by atoms with Gasteiger partial charge in [-0.2, -0.15) is 0 Å². The molecule has 0 saturated carbocycles. The number of carboxylic acid groups (broad SMARTS) is 1. The molecule has 0 aliphatic heterocycles. The van der Waals surface area contributed by atoms with Gasteiger partial charge in [0.1, 0.15) is 5.01 Å². The van der Waals surface area contributed by atoms with Crippen molar-refractivity contribution in [3.05, 3.63) is 35.1 Å². The van der Waals surface area contributed by atoms with Gasteiger partial charge in [0, 0.05) is 22.8 Å². The largest absolute Gasteiger partial charge is 1.00 e. The molecular formula is C10H7LiN2O2S. The third kappa shape index (κ3) is 2.50. The zero-order valence-corrected chi connectivity index (χ0v) is 9.75. The number of nitrogens with zero attached hydrogens (tertiary/aromatic N) is 2. The Hall–Kier alpha value is -1.15. The molecule has 16 heavy (non-hydrogen) atoms. The first-order valence-corrected chi connectivity index (χ1v) is 5.15. The van der Waals surface area contributed by atoms with Crippen LogP contribution in [-0.4, -0.2) is 15.9 Å². The van der Waals surface area contributed by atoms with Crippen molar-refractivity contribution in [3.8, 4) is 10.6 Å². The molecule has 0 spiro atoms. The van der Waals surface area contributed by atoms with Crippen LogP contribution in [0.3, 0.4) is 0 Å². The van der Waals surface area contributed by atoms with Gasteiger partial charge < -0.3 is 9.90 Å². The van der Waals surface area contributed by atoms with Crippen molar-refractivity contribution in [3.63, 3.8) is 0 Å². The Morgan fingerprint density at radius 3 is 2.75 bits per heavy atom. The summed E-state index contributed by atoms with van der Waals surface area (Å²) in [7, 11) is 0. The molecule has 0 aliphatic rings. The zero-order chi connectivity index (χ0) is 10.8. The van der Waals surface area contributed by atoms with Crippen LogP contribution >= 0.6 is 11.3 Å². The van der Waals surface area contributed by atoms with E-state index in [1.165, 1.54) is 11.3 Å². The van der Waals surface area contributed by atoms with Gasteiger partial charge in [-0.1, -0.05) is 0 Å². The molecule has 2 aromatic rings. The average molecular weight is 226 g/mol. The standard InChI is InChI=1S/C10H8N2O2S.Li/c1-6-2-3-7(8(12-6)10(13)14)9-11-4-5-15-9;/h2-5H,1H3,(H,13,14);/q;+1/p-1. The number of rotatable bonds is 2. The van der Waals surface area contributed by atoms with Gasteiger partial charge in [0.15, 0.2) is 0 Å². The van der Waals surface area contributed by atoms with Gasteiger partial charge in [0.05, 0.1) is 11.7 Å². The Morgan fingerprint density at radius 2 is 2.19 bits per heavy atom. The predicted molar refractivity (Wildman–Crippen MR) is 54.4 cm³/mol. The third-order valence-corrected chi connectivity index (χ3v) is 2.70. The molecule has 0 aromatic carbocycles. The van der Waals surface area contributed by atoms with Crippen LogP contribution in [0.1, 0.15) is 16.2 Å². The van der Waals surface area contributed by atoms with Crippen molar-refractivity contribution in [2.24, 2.45) is 0 Å². The Bertz CT molecular complexity index is 500. The number of aryl methyl sites for hydroxylation is 1. The summed E-state index contributed by atoms with van der Waals surface area (Å²) in [4.78, 5) is 18.9. The SMILES string of the molecule is Cc1ccc(-c2nccs2)c(C(=O)[O-])n1.[Li+]. The summed E-state index contributed by atoms with van der Waals surface area (Å²) in [5.74, 6) is -1.27. The first-order valence-electron chi connectivity index (χ1n) is 4.27. The Kier molecular flexibility index (Phi) is 4.24. The van der Waals surface area contributed by atoms with Crippen LogP contribution in [0, 0.1) is 6.92 Å². The summed E-state index contributed by atoms with van der Waals surface area (Å²) in [6, 6.07) is 3.45. The van der Waals surface area contributed by atoms with Crippen LogP contribution in [0.2, 0.25) is 0 Å². The molecule has 0 radical (unpaired) electrons. The van der Waals surface area contributed by atoms with Crippen molar-refractivity contribution in [1.82, 2.24) is 9.97 Å². The number of carbonyl (C=O) groups is 1. The number of hydrogen-bond donors (Lipinski definition) is 0. The van der Waals surface area contributed by atoms with Gasteiger partial charge >= 0.3 is 18.9 Å². The molecule has 6 heteroatoms. The number of thiazole rings is 1. The molecule has 0 fully saturated rings. The van der Waals surface area contributed by atoms with Gasteiger partial charge in [-0.05, 0) is 19.1 Å². The van der Waals surface area contributed by atoms with E-state index >= 15 is 0 Å². The fourth-order valence-corrected chi connectivity index (χ4v) is 1.91. The normalized spacial score (nSPS) is 9.56. The van der Waals surface area contributed by atoms with Crippen molar-refractivity contribution in [2.75, 3.05) is 0 Å². The molecule has 76 valence electrons. The molecule has 0 unspecified atom stereocenters. The minimum Gasteiger partial charge on any atom is -0.543 e. The molecule has 0 bridgehead atoms. The molecular weight excluding hydrogens is 219 g/mol. The van der Waals surface area contributed by atoms with Gasteiger partial charge in [-0.25, -0.2) is 4.98 Å². The van der Waals surface area contributed by atoms with Crippen LogP contribution in [-0.2, 0) is 0 Å². The van der Waals surface area contributed by atoms with Gasteiger partial charge in [0.2, 0.25) is 0 Å². The van der Waals surface area contributed by atoms with E-state index in [0.29, 0.717) is 16.3 Å². The van der Waals surface area contributed by atoms with Gasteiger partial charge in [0.25, 0.3) is 0 Å². The third-order valence-electron chi connectivity index (χ3n) is 1.89. The second-order valence-corrected chi connectivity index (χ2v) is 3.87. The van der Waals surface area contributed by atoms with Crippen LogP contribution in [0.4, 0.5) is 0 Å². The number of carbonyl (C=O) groups excluding carboxylic acids is 1. The van der Waals surface area contributed by atoms with Crippen molar-refractivity contribution in [1.29, 1.82) is 0 Å². The topological polar surface area (TPSA) is 65.9 Å². The molecule has 2 heterocycles. The quantitative estimate of drug-likeness (QED) is 0.549. The average Bonchev–Trinajstić information content (AvgIpc) is 2.70. The minimum atomic E-state index is -1.27. The monoisotopic (exact) mass is 226 g/mol. The second kappa shape index (κ2) is 5.26. The predicted octanol–water partition coefficient (Wildman–Crippen LogP) is -2.12. The Labute approximate surface area is 109 Å². The molecule has 0 saturated heterocycles. The maximum absolute atomic E-state index is 10.9. The van der Waals surface area contributed by atoms with E-state index in [1.54, 1.807) is 30.6 Å². The van der Waals surface area contributed by atoms with Crippen LogP contribution in [0.25, 0.3) is 10.6 Å². The number of aromatic nitrogens is 2. The first kappa shape index (κ1) is 12.9. The zero-order valence-electron chi connectivity index (χ0n) is 8.93. The van der Waals surface area contributed by atoms with Crippen molar-refractivity contribution < 1.29 is 28.8 Å². The number of carboxylic acids is 1. The van der Waals surface area contributed by atoms with E-state index in [1.807, 2.05) is 0 Å². The minimum absolute atomic E-state index is 0. The van der Waals surface area contributed by atoms with Crippen molar-refractivity contribution in [2.45, 2.75) is 6.92 Å². The summed E-state index contributed by atoms with van der Waals surface area (Å²) in [6.07, 6.45) is 1.62. The number of pyridine rings is 1. The fourth-order valence-electron chi connectivity index (χ4n) is 1.24. The fraction of sp³-hybridized carbons (Fsp3) is 0.100. The summed E-state index contributed by atoms with van der Waals surface area (Å²) in [5.41, 5.74) is 1.11. The van der Waals surface area contributed by atoms with Crippen LogP contribution < -0.4 is 24.0 Å². The molecule has 2 rings (SSSR count). The van der Waals surface area contributed by atoms with E-state index in [0.717, 1.165) is 0 Å². The summed E-state index contributed by atoms with van der Waals surface area (Å²) >= 11 is 1.37. The van der Waals surface area contributed by atoms with Gasteiger partial charge in [-0.15, -0.1) is 11.3 Å². The summed E-state index contributed by atoms with van der Waals surface area (Å²) in [6.45, 7) is 1.73. The van der Waals surface area contributed by atoms with Gasteiger partial charge in [-0.3, -0.25) is 4.98 Å². The molecule has 2 aromatic heterocycles. The second-order valence-electron chi connectivity index (χ2n) is 2.97. The summed E-state index contributed by atoms with van der Waals surface area (Å²) < 4.78 is 0. The number of hydrogen-bond acceptors (Lipinski definition) is 5. The van der Waals surface area contributed by atoms with E-state index < -0.39 is 5.97 Å². The summed E-state index contributed by atoms with van der Waals surface area (Å²) in [5, 5.41) is 13.3. The maximum atomic E-state index is 10.9. The van der Waals surface area contributed by atoms with Crippen LogP contribution in [0.5, 0.6) is 0 Å². The molecule has 0 atom stereocenters. The van der Waals surface area contributed by atoms with E-state index in [9.17, 15) is 9.90 Å². The Morgan fingerprint density at radius 1 is 1.44 bits per heavy atom. The molecule has 0 amide bonds. The molecule has 0 aliphatic carbocycles. The molecule has 0 N–H and O–H groups in total.